The standard InChI is InChI=1S/C10H13NO6/c1-2-17-10(16)8(14)7(13)5-3-6(12)9(15)11-4-5/h3-4,7-8,12-14H,2H2,1H3,(H,11,15). The van der Waals surface area contributed by atoms with E-state index in [2.05, 4.69) is 9.72 Å². The molecule has 1 aromatic rings. The lowest BCUT2D eigenvalue weighted by Crippen LogP contribution is -2.30. The minimum Gasteiger partial charge on any atom is -0.503 e. The van der Waals surface area contributed by atoms with Gasteiger partial charge in [0.05, 0.1) is 6.61 Å². The van der Waals surface area contributed by atoms with Crippen LogP contribution in [0.5, 0.6) is 5.75 Å². The van der Waals surface area contributed by atoms with E-state index in [0.29, 0.717) is 0 Å². The largest absolute Gasteiger partial charge is 0.503 e. The van der Waals surface area contributed by atoms with Crippen LogP contribution in [0.15, 0.2) is 17.1 Å². The predicted octanol–water partition coefficient (Wildman–Crippen LogP) is -0.962. The highest BCUT2D eigenvalue weighted by Gasteiger charge is 2.27. The molecule has 0 aliphatic rings. The van der Waals surface area contributed by atoms with E-state index in [9.17, 15) is 19.8 Å². The maximum absolute atomic E-state index is 11.1. The Morgan fingerprint density at radius 3 is 2.71 bits per heavy atom. The minimum atomic E-state index is -1.78. The number of esters is 1. The van der Waals surface area contributed by atoms with Gasteiger partial charge in [-0.3, -0.25) is 4.79 Å². The number of aliphatic hydroxyl groups excluding tert-OH is 2. The number of aromatic nitrogens is 1. The van der Waals surface area contributed by atoms with Gasteiger partial charge in [0.15, 0.2) is 11.9 Å². The molecule has 2 unspecified atom stereocenters. The van der Waals surface area contributed by atoms with E-state index in [0.717, 1.165) is 12.3 Å². The molecule has 0 fully saturated rings. The molecule has 0 saturated carbocycles. The van der Waals surface area contributed by atoms with Crippen molar-refractivity contribution >= 4 is 5.97 Å². The number of carbonyl (C=O) groups is 1. The van der Waals surface area contributed by atoms with Gasteiger partial charge in [0.2, 0.25) is 0 Å². The molecule has 4 N–H and O–H groups in total. The molecule has 0 aliphatic carbocycles. The zero-order valence-electron chi connectivity index (χ0n) is 9.08. The van der Waals surface area contributed by atoms with Crippen LogP contribution in [0.2, 0.25) is 0 Å². The lowest BCUT2D eigenvalue weighted by molar-refractivity contribution is -0.159. The number of aromatic hydroxyl groups is 1. The molecule has 0 amide bonds. The van der Waals surface area contributed by atoms with Gasteiger partial charge in [-0.2, -0.15) is 0 Å². The summed E-state index contributed by atoms with van der Waals surface area (Å²) in [6, 6.07) is 0.964. The molecule has 17 heavy (non-hydrogen) atoms. The predicted molar refractivity (Wildman–Crippen MR) is 56.3 cm³/mol. The quantitative estimate of drug-likeness (QED) is 0.505. The highest BCUT2D eigenvalue weighted by atomic mass is 16.5. The number of hydrogen-bond acceptors (Lipinski definition) is 6. The molecular formula is C10H13NO6. The maximum Gasteiger partial charge on any atom is 0.338 e. The maximum atomic E-state index is 11.1. The minimum absolute atomic E-state index is 0.00246. The molecule has 0 saturated heterocycles. The van der Waals surface area contributed by atoms with Crippen LogP contribution in [0.25, 0.3) is 0 Å². The Morgan fingerprint density at radius 2 is 2.18 bits per heavy atom. The fraction of sp³-hybridized carbons (Fsp3) is 0.400. The smallest absolute Gasteiger partial charge is 0.338 e. The van der Waals surface area contributed by atoms with Crippen molar-refractivity contribution in [2.24, 2.45) is 0 Å². The van der Waals surface area contributed by atoms with Crippen molar-refractivity contribution in [1.29, 1.82) is 0 Å². The van der Waals surface area contributed by atoms with E-state index < -0.39 is 29.5 Å². The Kier molecular flexibility index (Phi) is 4.24. The second kappa shape index (κ2) is 5.46. The number of rotatable bonds is 4. The van der Waals surface area contributed by atoms with Gasteiger partial charge in [-0.1, -0.05) is 0 Å². The SMILES string of the molecule is CCOC(=O)C(O)C(O)c1c[nH]c(=O)c(O)c1. The van der Waals surface area contributed by atoms with Crippen molar-refractivity contribution in [3.8, 4) is 5.75 Å². The van der Waals surface area contributed by atoms with Crippen LogP contribution in [0, 0.1) is 0 Å². The van der Waals surface area contributed by atoms with E-state index in [1.165, 1.54) is 0 Å². The summed E-state index contributed by atoms with van der Waals surface area (Å²) in [5, 5.41) is 28.2. The molecule has 0 aromatic carbocycles. The van der Waals surface area contributed by atoms with E-state index in [1.54, 1.807) is 6.92 Å². The molecule has 0 bridgehead atoms. The Bertz CT molecular complexity index is 454. The molecule has 2 atom stereocenters. The zero-order valence-corrected chi connectivity index (χ0v) is 9.08. The van der Waals surface area contributed by atoms with Crippen molar-refractivity contribution in [2.45, 2.75) is 19.1 Å². The normalized spacial score (nSPS) is 14.1. The van der Waals surface area contributed by atoms with Gasteiger partial charge in [-0.15, -0.1) is 0 Å². The monoisotopic (exact) mass is 243 g/mol. The summed E-state index contributed by atoms with van der Waals surface area (Å²) >= 11 is 0. The van der Waals surface area contributed by atoms with Crippen LogP contribution < -0.4 is 5.56 Å². The Balaban J connectivity index is 2.88. The first kappa shape index (κ1) is 13.2. The van der Waals surface area contributed by atoms with Crippen molar-refractivity contribution in [1.82, 2.24) is 4.98 Å². The van der Waals surface area contributed by atoms with Crippen LogP contribution in [0.1, 0.15) is 18.6 Å². The lowest BCUT2D eigenvalue weighted by atomic mass is 10.1. The molecule has 1 rings (SSSR count). The van der Waals surface area contributed by atoms with Gasteiger partial charge >= 0.3 is 5.97 Å². The highest BCUT2D eigenvalue weighted by molar-refractivity contribution is 5.75. The molecule has 7 heteroatoms. The highest BCUT2D eigenvalue weighted by Crippen LogP contribution is 2.18. The fourth-order valence-electron chi connectivity index (χ4n) is 1.20. The van der Waals surface area contributed by atoms with Gasteiger partial charge in [0, 0.05) is 11.8 Å². The summed E-state index contributed by atoms with van der Waals surface area (Å²) < 4.78 is 4.52. The fourth-order valence-corrected chi connectivity index (χ4v) is 1.20. The lowest BCUT2D eigenvalue weighted by Gasteiger charge is -2.16. The van der Waals surface area contributed by atoms with Crippen LogP contribution in [0.4, 0.5) is 0 Å². The second-order valence-corrected chi connectivity index (χ2v) is 3.29. The Morgan fingerprint density at radius 1 is 1.53 bits per heavy atom. The van der Waals surface area contributed by atoms with Gasteiger partial charge in [0.1, 0.15) is 6.10 Å². The molecule has 0 aliphatic heterocycles. The summed E-state index contributed by atoms with van der Waals surface area (Å²) in [6.07, 6.45) is -2.27. The Labute approximate surface area is 96.3 Å². The third kappa shape index (κ3) is 3.05. The number of carbonyl (C=O) groups excluding carboxylic acids is 1. The first-order valence-corrected chi connectivity index (χ1v) is 4.91. The molecule has 1 heterocycles. The third-order valence-electron chi connectivity index (χ3n) is 2.07. The van der Waals surface area contributed by atoms with Crippen LogP contribution >= 0.6 is 0 Å². The average Bonchev–Trinajstić information content (AvgIpc) is 2.31. The van der Waals surface area contributed by atoms with E-state index >= 15 is 0 Å². The van der Waals surface area contributed by atoms with Crippen LogP contribution in [0.3, 0.4) is 0 Å². The number of pyridine rings is 1. The van der Waals surface area contributed by atoms with Crippen molar-refractivity contribution in [3.63, 3.8) is 0 Å². The van der Waals surface area contributed by atoms with Crippen LogP contribution in [-0.4, -0.2) is 39.0 Å². The summed E-state index contributed by atoms with van der Waals surface area (Å²) in [7, 11) is 0. The van der Waals surface area contributed by atoms with Crippen molar-refractivity contribution in [2.75, 3.05) is 6.61 Å². The average molecular weight is 243 g/mol. The third-order valence-corrected chi connectivity index (χ3v) is 2.07. The number of ether oxygens (including phenoxy) is 1. The van der Waals surface area contributed by atoms with Crippen molar-refractivity contribution in [3.05, 3.63) is 28.2 Å². The molecule has 0 radical (unpaired) electrons. The number of aliphatic hydroxyl groups is 2. The van der Waals surface area contributed by atoms with Gasteiger partial charge in [-0.05, 0) is 13.0 Å². The van der Waals surface area contributed by atoms with E-state index in [-0.39, 0.29) is 12.2 Å². The molecule has 0 spiro atoms. The molecule has 94 valence electrons. The van der Waals surface area contributed by atoms with E-state index in [1.807, 2.05) is 0 Å². The van der Waals surface area contributed by atoms with Gasteiger partial charge in [-0.25, -0.2) is 4.79 Å². The number of H-pyrrole nitrogens is 1. The summed E-state index contributed by atoms with van der Waals surface area (Å²) in [5.74, 6) is -1.59. The second-order valence-electron chi connectivity index (χ2n) is 3.29. The first-order valence-electron chi connectivity index (χ1n) is 4.91. The summed E-state index contributed by atoms with van der Waals surface area (Å²) in [4.78, 5) is 24.1. The summed E-state index contributed by atoms with van der Waals surface area (Å²) in [5.41, 5.74) is -0.728. The molecular weight excluding hydrogens is 230 g/mol. The molecule has 1 aromatic heterocycles. The Hall–Kier alpha value is -1.86. The first-order chi connectivity index (χ1) is 7.97. The number of hydrogen-bond donors (Lipinski definition) is 4. The van der Waals surface area contributed by atoms with Crippen LogP contribution in [-0.2, 0) is 9.53 Å². The number of nitrogens with one attached hydrogen (secondary N) is 1. The number of aromatic amines is 1. The molecule has 7 nitrogen and oxygen atoms in total. The van der Waals surface area contributed by atoms with E-state index in [4.69, 9.17) is 5.11 Å². The van der Waals surface area contributed by atoms with Gasteiger partial charge in [0.25, 0.3) is 5.56 Å². The topological polar surface area (TPSA) is 120 Å². The zero-order chi connectivity index (χ0) is 13.0. The van der Waals surface area contributed by atoms with Crippen molar-refractivity contribution < 1.29 is 24.9 Å². The van der Waals surface area contributed by atoms with Gasteiger partial charge < -0.3 is 25.0 Å². The summed E-state index contributed by atoms with van der Waals surface area (Å²) in [6.45, 7) is 1.63.